The molecule has 0 aromatic rings. The van der Waals surface area contributed by atoms with Crippen molar-refractivity contribution in [3.63, 3.8) is 0 Å². The predicted octanol–water partition coefficient (Wildman–Crippen LogP) is 1.04. The van der Waals surface area contributed by atoms with Crippen LogP contribution in [-0.4, -0.2) is 30.9 Å². The van der Waals surface area contributed by atoms with Crippen molar-refractivity contribution in [2.75, 3.05) is 13.7 Å². The molecule has 1 aliphatic carbocycles. The molecule has 0 spiro atoms. The molecule has 0 bridgehead atoms. The normalized spacial score (nSPS) is 18.0. The quantitative estimate of drug-likeness (QED) is 0.717. The van der Waals surface area contributed by atoms with Gasteiger partial charge >= 0.3 is 0 Å². The van der Waals surface area contributed by atoms with E-state index in [0.29, 0.717) is 13.0 Å². The number of nitrogens with one attached hydrogen (secondary N) is 1. The highest BCUT2D eigenvalue weighted by Gasteiger charge is 2.37. The van der Waals surface area contributed by atoms with Gasteiger partial charge in [0.15, 0.2) is 0 Å². The van der Waals surface area contributed by atoms with E-state index in [4.69, 9.17) is 4.74 Å². The maximum atomic E-state index is 11.3. The average molecular weight is 213 g/mol. The van der Waals surface area contributed by atoms with Crippen molar-refractivity contribution in [3.8, 4) is 0 Å². The van der Waals surface area contributed by atoms with Crippen LogP contribution in [0.5, 0.6) is 0 Å². The minimum Gasteiger partial charge on any atom is -0.376 e. The molecule has 1 aliphatic rings. The molecule has 1 fully saturated rings. The van der Waals surface area contributed by atoms with Gasteiger partial charge in [-0.1, -0.05) is 0 Å². The lowest BCUT2D eigenvalue weighted by Crippen LogP contribution is -2.49. The molecule has 0 atom stereocenters. The molecule has 0 heterocycles. The molecule has 0 saturated heterocycles. The van der Waals surface area contributed by atoms with Gasteiger partial charge in [0.25, 0.3) is 0 Å². The van der Waals surface area contributed by atoms with Crippen molar-refractivity contribution in [1.82, 2.24) is 5.32 Å². The zero-order valence-corrected chi connectivity index (χ0v) is 9.47. The van der Waals surface area contributed by atoms with Crippen LogP contribution in [0.25, 0.3) is 0 Å². The van der Waals surface area contributed by atoms with Crippen LogP contribution in [0.1, 0.15) is 39.0 Å². The molecule has 0 unspecified atom stereocenters. The van der Waals surface area contributed by atoms with Gasteiger partial charge in [0.1, 0.15) is 5.78 Å². The van der Waals surface area contributed by atoms with E-state index in [1.165, 1.54) is 6.92 Å². The number of ketones is 1. The summed E-state index contributed by atoms with van der Waals surface area (Å²) in [5.74, 6) is -0.0104. The molecule has 0 aliphatic heterocycles. The molecule has 0 aromatic heterocycles. The average Bonchev–Trinajstić information content (AvgIpc) is 2.14. The first-order valence-electron chi connectivity index (χ1n) is 5.39. The lowest BCUT2D eigenvalue weighted by Gasteiger charge is -2.40. The molecule has 1 rings (SSSR count). The molecule has 4 nitrogen and oxygen atoms in total. The highest BCUT2D eigenvalue weighted by atomic mass is 16.5. The van der Waals surface area contributed by atoms with Crippen LogP contribution >= 0.6 is 0 Å². The van der Waals surface area contributed by atoms with Crippen molar-refractivity contribution in [2.24, 2.45) is 0 Å². The molecule has 1 N–H and O–H groups in total. The Balaban J connectivity index is 2.18. The Morgan fingerprint density at radius 2 is 2.00 bits per heavy atom. The number of carbonyl (C=O) groups excluding carboxylic acids is 2. The summed E-state index contributed by atoms with van der Waals surface area (Å²) in [6, 6.07) is 0. The topological polar surface area (TPSA) is 55.4 Å². The van der Waals surface area contributed by atoms with Gasteiger partial charge in [-0.25, -0.2) is 0 Å². The molecule has 1 saturated carbocycles. The number of carbonyl (C=O) groups is 2. The molecule has 86 valence electrons. The van der Waals surface area contributed by atoms with Gasteiger partial charge in [0.05, 0.1) is 5.60 Å². The van der Waals surface area contributed by atoms with Crippen LogP contribution in [0.3, 0.4) is 0 Å². The first kappa shape index (κ1) is 12.2. The number of ether oxygens (including phenoxy) is 1. The summed E-state index contributed by atoms with van der Waals surface area (Å²) < 4.78 is 5.37. The predicted molar refractivity (Wildman–Crippen MR) is 56.5 cm³/mol. The highest BCUT2D eigenvalue weighted by Crippen LogP contribution is 2.34. The standard InChI is InChI=1S/C11H19NO3/c1-9(13)4-5-10(14)12-8-11(15-2)6-3-7-11/h3-8H2,1-2H3,(H,12,14). The summed E-state index contributed by atoms with van der Waals surface area (Å²) in [4.78, 5) is 22.0. The molecular formula is C11H19NO3. The SMILES string of the molecule is COC1(CNC(=O)CCC(C)=O)CCC1. The third-order valence-electron chi connectivity index (χ3n) is 3.01. The third-order valence-corrected chi connectivity index (χ3v) is 3.01. The van der Waals surface area contributed by atoms with Gasteiger partial charge in [0, 0.05) is 26.5 Å². The number of methoxy groups -OCH3 is 1. The summed E-state index contributed by atoms with van der Waals surface area (Å²) in [5, 5.41) is 2.82. The Kier molecular flexibility index (Phi) is 4.27. The smallest absolute Gasteiger partial charge is 0.220 e. The van der Waals surface area contributed by atoms with Crippen molar-refractivity contribution in [3.05, 3.63) is 0 Å². The van der Waals surface area contributed by atoms with Gasteiger partial charge in [-0.05, 0) is 26.2 Å². The molecular weight excluding hydrogens is 194 g/mol. The van der Waals surface area contributed by atoms with Crippen LogP contribution in [0, 0.1) is 0 Å². The monoisotopic (exact) mass is 213 g/mol. The van der Waals surface area contributed by atoms with E-state index >= 15 is 0 Å². The summed E-state index contributed by atoms with van der Waals surface area (Å²) in [6.07, 6.45) is 3.80. The zero-order chi connectivity index (χ0) is 11.3. The van der Waals surface area contributed by atoms with Crippen molar-refractivity contribution < 1.29 is 14.3 Å². The molecule has 0 aromatic carbocycles. The van der Waals surface area contributed by atoms with Crippen molar-refractivity contribution in [2.45, 2.75) is 44.6 Å². The zero-order valence-electron chi connectivity index (χ0n) is 9.47. The van der Waals surface area contributed by atoms with Crippen LogP contribution < -0.4 is 5.32 Å². The number of rotatable bonds is 6. The second-order valence-corrected chi connectivity index (χ2v) is 4.22. The van der Waals surface area contributed by atoms with Gasteiger partial charge in [-0.3, -0.25) is 4.79 Å². The summed E-state index contributed by atoms with van der Waals surface area (Å²) in [6.45, 7) is 2.07. The van der Waals surface area contributed by atoms with Crippen LogP contribution in [0.15, 0.2) is 0 Å². The Bertz CT molecular complexity index is 241. The van der Waals surface area contributed by atoms with E-state index in [-0.39, 0.29) is 23.7 Å². The van der Waals surface area contributed by atoms with E-state index in [1.807, 2.05) is 0 Å². The fourth-order valence-corrected chi connectivity index (χ4v) is 1.66. The minimum absolute atomic E-state index is 0.0512. The molecule has 0 radical (unpaired) electrons. The third kappa shape index (κ3) is 3.63. The first-order chi connectivity index (χ1) is 7.08. The molecule has 1 amide bonds. The number of hydrogen-bond acceptors (Lipinski definition) is 3. The fourth-order valence-electron chi connectivity index (χ4n) is 1.66. The van der Waals surface area contributed by atoms with E-state index < -0.39 is 0 Å². The van der Waals surface area contributed by atoms with Crippen molar-refractivity contribution in [1.29, 1.82) is 0 Å². The van der Waals surface area contributed by atoms with E-state index in [2.05, 4.69) is 5.32 Å². The Labute approximate surface area is 90.4 Å². The van der Waals surface area contributed by atoms with Crippen LogP contribution in [0.2, 0.25) is 0 Å². The van der Waals surface area contributed by atoms with Crippen LogP contribution in [-0.2, 0) is 14.3 Å². The highest BCUT2D eigenvalue weighted by molar-refractivity contribution is 5.83. The second kappa shape index (κ2) is 5.26. The summed E-state index contributed by atoms with van der Waals surface area (Å²) in [5.41, 5.74) is -0.133. The summed E-state index contributed by atoms with van der Waals surface area (Å²) in [7, 11) is 1.68. The maximum Gasteiger partial charge on any atom is 0.220 e. The number of Topliss-reactive ketones (excluding diaryl/α,β-unsaturated/α-hetero) is 1. The number of hydrogen-bond donors (Lipinski definition) is 1. The van der Waals surface area contributed by atoms with Gasteiger partial charge in [-0.2, -0.15) is 0 Å². The molecule has 4 heteroatoms. The lowest BCUT2D eigenvalue weighted by molar-refractivity contribution is -0.127. The largest absolute Gasteiger partial charge is 0.376 e. The van der Waals surface area contributed by atoms with Gasteiger partial charge in [0.2, 0.25) is 5.91 Å². The fraction of sp³-hybridized carbons (Fsp3) is 0.818. The maximum absolute atomic E-state index is 11.3. The molecule has 15 heavy (non-hydrogen) atoms. The summed E-state index contributed by atoms with van der Waals surface area (Å²) >= 11 is 0. The Morgan fingerprint density at radius 3 is 2.40 bits per heavy atom. The lowest BCUT2D eigenvalue weighted by atomic mass is 9.80. The van der Waals surface area contributed by atoms with E-state index in [0.717, 1.165) is 19.3 Å². The van der Waals surface area contributed by atoms with Crippen LogP contribution in [0.4, 0.5) is 0 Å². The van der Waals surface area contributed by atoms with Gasteiger partial charge in [-0.15, -0.1) is 0 Å². The first-order valence-corrected chi connectivity index (χ1v) is 5.39. The van der Waals surface area contributed by atoms with E-state index in [9.17, 15) is 9.59 Å². The minimum atomic E-state index is -0.133. The van der Waals surface area contributed by atoms with E-state index in [1.54, 1.807) is 7.11 Å². The Morgan fingerprint density at radius 1 is 1.33 bits per heavy atom. The Hall–Kier alpha value is -0.900. The second-order valence-electron chi connectivity index (χ2n) is 4.22. The van der Waals surface area contributed by atoms with Gasteiger partial charge < -0.3 is 14.8 Å². The number of amides is 1. The van der Waals surface area contributed by atoms with Crippen molar-refractivity contribution >= 4 is 11.7 Å².